The zero-order valence-electron chi connectivity index (χ0n) is 17.2. The number of aliphatic imine (C=N–C) groups is 1. The molecule has 0 radical (unpaired) electrons. The number of nitrogens with zero attached hydrogens (tertiary/aromatic N) is 4. The molecular formula is C20H31N5OS. The molecule has 1 aromatic heterocycles. The van der Waals surface area contributed by atoms with Crippen LogP contribution in [-0.2, 0) is 24.4 Å². The topological polar surface area (TPSA) is 53.0 Å². The molecule has 2 rings (SSSR count). The maximum absolute atomic E-state index is 5.34. The van der Waals surface area contributed by atoms with Crippen LogP contribution in [0.1, 0.15) is 34.9 Å². The van der Waals surface area contributed by atoms with Gasteiger partial charge in [-0.2, -0.15) is 0 Å². The highest BCUT2D eigenvalue weighted by Crippen LogP contribution is 2.21. The van der Waals surface area contributed by atoms with Crippen LogP contribution in [0.25, 0.3) is 0 Å². The van der Waals surface area contributed by atoms with Gasteiger partial charge >= 0.3 is 0 Å². The molecule has 0 amide bonds. The number of hydrogen-bond donors (Lipinski definition) is 1. The van der Waals surface area contributed by atoms with Crippen LogP contribution in [-0.4, -0.2) is 56.0 Å². The Hall–Kier alpha value is -1.96. The summed E-state index contributed by atoms with van der Waals surface area (Å²) in [6.45, 7) is 4.37. The van der Waals surface area contributed by atoms with Crippen molar-refractivity contribution in [3.63, 3.8) is 0 Å². The number of aromatic nitrogens is 1. The predicted octanol–water partition coefficient (Wildman–Crippen LogP) is 3.12. The van der Waals surface area contributed by atoms with E-state index in [4.69, 9.17) is 4.74 Å². The van der Waals surface area contributed by atoms with E-state index in [9.17, 15) is 0 Å². The Bertz CT molecular complexity index is 743. The van der Waals surface area contributed by atoms with E-state index >= 15 is 0 Å². The molecule has 1 heterocycles. The normalized spacial score (nSPS) is 13.1. The molecule has 6 nitrogen and oxygen atoms in total. The molecular weight excluding hydrogens is 358 g/mol. The molecule has 148 valence electrons. The molecule has 0 spiro atoms. The molecule has 0 fully saturated rings. The van der Waals surface area contributed by atoms with Crippen molar-refractivity contribution in [3.05, 3.63) is 51.5 Å². The second-order valence-corrected chi connectivity index (χ2v) is 7.71. The third-order valence-corrected chi connectivity index (χ3v) is 5.34. The molecule has 1 unspecified atom stereocenters. The van der Waals surface area contributed by atoms with Gasteiger partial charge in [0.2, 0.25) is 0 Å². The predicted molar refractivity (Wildman–Crippen MR) is 113 cm³/mol. The largest absolute Gasteiger partial charge is 0.375 e. The van der Waals surface area contributed by atoms with Crippen molar-refractivity contribution in [3.8, 4) is 0 Å². The molecule has 1 atom stereocenters. The smallest absolute Gasteiger partial charge is 0.194 e. The van der Waals surface area contributed by atoms with Gasteiger partial charge in [-0.15, -0.1) is 11.3 Å². The van der Waals surface area contributed by atoms with Crippen LogP contribution in [0.3, 0.4) is 0 Å². The molecule has 2 aromatic rings. The molecule has 0 aliphatic carbocycles. The van der Waals surface area contributed by atoms with Crippen LogP contribution in [0.5, 0.6) is 0 Å². The van der Waals surface area contributed by atoms with E-state index in [0.717, 1.165) is 29.8 Å². The minimum atomic E-state index is 0.0275. The summed E-state index contributed by atoms with van der Waals surface area (Å²) in [6.07, 6.45) is 0.0275. The molecule has 0 saturated carbocycles. The van der Waals surface area contributed by atoms with E-state index in [0.29, 0.717) is 6.54 Å². The first-order valence-corrected chi connectivity index (χ1v) is 9.93. The molecule has 27 heavy (non-hydrogen) atoms. The third-order valence-electron chi connectivity index (χ3n) is 4.29. The van der Waals surface area contributed by atoms with Crippen molar-refractivity contribution >= 4 is 17.3 Å². The number of guanidine groups is 1. The average Bonchev–Trinajstić information content (AvgIpc) is 3.10. The number of thiazole rings is 1. The van der Waals surface area contributed by atoms with Crippen LogP contribution < -0.4 is 5.32 Å². The Morgan fingerprint density at radius 1 is 1.22 bits per heavy atom. The van der Waals surface area contributed by atoms with Crippen LogP contribution in [0.4, 0.5) is 0 Å². The quantitative estimate of drug-likeness (QED) is 0.555. The molecule has 1 N–H and O–H groups in total. The zero-order valence-corrected chi connectivity index (χ0v) is 18.0. The van der Waals surface area contributed by atoms with Gasteiger partial charge in [0.25, 0.3) is 0 Å². The SMILES string of the molecule is CN=C(NCc1ccccc1CN(C)C)N(C)Cc1csc(C(C)OC)n1. The maximum atomic E-state index is 5.34. The first-order chi connectivity index (χ1) is 12.9. The lowest BCUT2D eigenvalue weighted by Gasteiger charge is -2.22. The number of rotatable bonds is 8. The molecule has 0 bridgehead atoms. The van der Waals surface area contributed by atoms with Gasteiger partial charge in [-0.3, -0.25) is 4.99 Å². The van der Waals surface area contributed by atoms with Crippen molar-refractivity contribution in [2.45, 2.75) is 32.7 Å². The van der Waals surface area contributed by atoms with Gasteiger partial charge < -0.3 is 19.9 Å². The van der Waals surface area contributed by atoms with Crippen LogP contribution in [0.2, 0.25) is 0 Å². The highest BCUT2D eigenvalue weighted by Gasteiger charge is 2.13. The summed E-state index contributed by atoms with van der Waals surface area (Å²) in [4.78, 5) is 13.4. The summed E-state index contributed by atoms with van der Waals surface area (Å²) < 4.78 is 5.34. The van der Waals surface area contributed by atoms with E-state index in [-0.39, 0.29) is 6.10 Å². The number of methoxy groups -OCH3 is 1. The lowest BCUT2D eigenvalue weighted by Crippen LogP contribution is -2.38. The van der Waals surface area contributed by atoms with Gasteiger partial charge in [0.05, 0.1) is 12.2 Å². The number of hydrogen-bond acceptors (Lipinski definition) is 5. The van der Waals surface area contributed by atoms with Gasteiger partial charge in [0, 0.05) is 39.7 Å². The Morgan fingerprint density at radius 3 is 2.56 bits per heavy atom. The highest BCUT2D eigenvalue weighted by atomic mass is 32.1. The van der Waals surface area contributed by atoms with Crippen molar-refractivity contribution in [2.24, 2.45) is 4.99 Å². The molecule has 1 aromatic carbocycles. The highest BCUT2D eigenvalue weighted by molar-refractivity contribution is 7.09. The lowest BCUT2D eigenvalue weighted by molar-refractivity contribution is 0.119. The fourth-order valence-corrected chi connectivity index (χ4v) is 3.63. The van der Waals surface area contributed by atoms with Crippen molar-refractivity contribution in [1.29, 1.82) is 0 Å². The molecule has 0 saturated heterocycles. The summed E-state index contributed by atoms with van der Waals surface area (Å²) in [7, 11) is 9.72. The fourth-order valence-electron chi connectivity index (χ4n) is 2.78. The minimum Gasteiger partial charge on any atom is -0.375 e. The second kappa shape index (κ2) is 10.4. The summed E-state index contributed by atoms with van der Waals surface area (Å²) in [5.41, 5.74) is 3.63. The number of nitrogens with one attached hydrogen (secondary N) is 1. The minimum absolute atomic E-state index is 0.0275. The lowest BCUT2D eigenvalue weighted by atomic mass is 10.1. The Morgan fingerprint density at radius 2 is 1.93 bits per heavy atom. The van der Waals surface area contributed by atoms with Crippen LogP contribution in [0.15, 0.2) is 34.6 Å². The first kappa shape index (κ1) is 21.3. The zero-order chi connectivity index (χ0) is 19.8. The number of benzene rings is 1. The van der Waals surface area contributed by atoms with Gasteiger partial charge in [-0.1, -0.05) is 24.3 Å². The van der Waals surface area contributed by atoms with Crippen molar-refractivity contribution in [1.82, 2.24) is 20.1 Å². The fraction of sp³-hybridized carbons (Fsp3) is 0.500. The summed E-state index contributed by atoms with van der Waals surface area (Å²) in [5, 5.41) is 6.55. The van der Waals surface area contributed by atoms with Gasteiger partial charge in [0.15, 0.2) is 5.96 Å². The summed E-state index contributed by atoms with van der Waals surface area (Å²) >= 11 is 1.63. The van der Waals surface area contributed by atoms with Gasteiger partial charge in [-0.05, 0) is 32.1 Å². The van der Waals surface area contributed by atoms with Crippen molar-refractivity contribution in [2.75, 3.05) is 35.3 Å². The summed E-state index contributed by atoms with van der Waals surface area (Å²) in [6, 6.07) is 8.51. The summed E-state index contributed by atoms with van der Waals surface area (Å²) in [5.74, 6) is 0.851. The van der Waals surface area contributed by atoms with E-state index in [2.05, 4.69) is 68.8 Å². The van der Waals surface area contributed by atoms with E-state index in [1.54, 1.807) is 18.4 Å². The van der Waals surface area contributed by atoms with E-state index < -0.39 is 0 Å². The van der Waals surface area contributed by atoms with E-state index in [1.807, 2.05) is 21.0 Å². The van der Waals surface area contributed by atoms with Crippen LogP contribution >= 0.6 is 11.3 Å². The average molecular weight is 390 g/mol. The van der Waals surface area contributed by atoms with Crippen LogP contribution in [0, 0.1) is 0 Å². The molecule has 0 aliphatic rings. The Balaban J connectivity index is 1.98. The maximum Gasteiger partial charge on any atom is 0.194 e. The van der Waals surface area contributed by atoms with Crippen molar-refractivity contribution < 1.29 is 4.74 Å². The Kier molecular flexibility index (Phi) is 8.22. The third kappa shape index (κ3) is 6.30. The van der Waals surface area contributed by atoms with Gasteiger partial charge in [0.1, 0.15) is 11.1 Å². The Labute approximate surface area is 166 Å². The number of ether oxygens (including phenoxy) is 1. The monoisotopic (exact) mass is 389 g/mol. The molecule has 7 heteroatoms. The van der Waals surface area contributed by atoms with Gasteiger partial charge in [-0.25, -0.2) is 4.98 Å². The van der Waals surface area contributed by atoms with E-state index in [1.165, 1.54) is 11.1 Å². The standard InChI is InChI=1S/C20H31N5OS/c1-15(26-6)19-23-18(14-27-19)13-25(5)20(21-2)22-11-16-9-7-8-10-17(16)12-24(3)4/h7-10,14-15H,11-13H2,1-6H3,(H,21,22). The second-order valence-electron chi connectivity index (χ2n) is 6.82. The first-order valence-electron chi connectivity index (χ1n) is 9.05. The molecule has 0 aliphatic heterocycles.